The normalized spacial score (nSPS) is 11.2. The topological polar surface area (TPSA) is 42.7 Å². The average molecular weight is 262 g/mol. The Morgan fingerprint density at radius 1 is 1.37 bits per heavy atom. The highest BCUT2D eigenvalue weighted by atomic mass is 19.1. The number of nitrogens with zero attached hydrogens (tertiary/aromatic N) is 3. The zero-order chi connectivity index (χ0) is 13.8. The lowest BCUT2D eigenvalue weighted by atomic mass is 10.2. The first kappa shape index (κ1) is 13.7. The highest BCUT2D eigenvalue weighted by Gasteiger charge is 2.06. The van der Waals surface area contributed by atoms with E-state index in [0.717, 1.165) is 23.5 Å². The molecule has 1 aromatic carbocycles. The van der Waals surface area contributed by atoms with Gasteiger partial charge in [-0.1, -0.05) is 25.1 Å². The SMILES string of the molecule is Cc1ccc(F)cc1-n1cc(CNCC(C)C)nn1. The third-order valence-electron chi connectivity index (χ3n) is 2.82. The Balaban J connectivity index is 2.10. The maximum Gasteiger partial charge on any atom is 0.125 e. The van der Waals surface area contributed by atoms with E-state index in [1.165, 1.54) is 12.1 Å². The summed E-state index contributed by atoms with van der Waals surface area (Å²) in [5, 5.41) is 11.4. The molecule has 4 nitrogen and oxygen atoms in total. The molecular formula is C14H19FN4. The fraction of sp³-hybridized carbons (Fsp3) is 0.429. The fourth-order valence-electron chi connectivity index (χ4n) is 1.82. The van der Waals surface area contributed by atoms with Crippen LogP contribution in [0.5, 0.6) is 0 Å². The van der Waals surface area contributed by atoms with Crippen molar-refractivity contribution in [2.45, 2.75) is 27.3 Å². The molecule has 0 atom stereocenters. The quantitative estimate of drug-likeness (QED) is 0.900. The maximum absolute atomic E-state index is 13.3. The van der Waals surface area contributed by atoms with Crippen LogP contribution < -0.4 is 5.32 Å². The molecule has 0 saturated carbocycles. The highest BCUT2D eigenvalue weighted by Crippen LogP contribution is 2.14. The summed E-state index contributed by atoms with van der Waals surface area (Å²) in [6, 6.07) is 4.65. The number of nitrogens with one attached hydrogen (secondary N) is 1. The van der Waals surface area contributed by atoms with Crippen LogP contribution in [-0.2, 0) is 6.54 Å². The predicted octanol–water partition coefficient (Wildman–Crippen LogP) is 2.46. The highest BCUT2D eigenvalue weighted by molar-refractivity contribution is 5.39. The van der Waals surface area contributed by atoms with E-state index >= 15 is 0 Å². The molecule has 0 unspecified atom stereocenters. The summed E-state index contributed by atoms with van der Waals surface area (Å²) in [6.07, 6.45) is 1.83. The molecule has 0 bridgehead atoms. The van der Waals surface area contributed by atoms with E-state index in [1.807, 2.05) is 13.1 Å². The molecule has 0 aliphatic heterocycles. The van der Waals surface area contributed by atoms with Gasteiger partial charge < -0.3 is 5.32 Å². The smallest absolute Gasteiger partial charge is 0.125 e. The van der Waals surface area contributed by atoms with Gasteiger partial charge in [0.05, 0.1) is 17.6 Å². The van der Waals surface area contributed by atoms with Crippen molar-refractivity contribution in [1.82, 2.24) is 20.3 Å². The van der Waals surface area contributed by atoms with Crippen LogP contribution in [0.15, 0.2) is 24.4 Å². The Bertz CT molecular complexity index is 548. The second kappa shape index (κ2) is 5.93. The summed E-state index contributed by atoms with van der Waals surface area (Å²) in [5.41, 5.74) is 2.54. The summed E-state index contributed by atoms with van der Waals surface area (Å²) >= 11 is 0. The summed E-state index contributed by atoms with van der Waals surface area (Å²) in [5.74, 6) is 0.330. The Labute approximate surface area is 112 Å². The number of benzene rings is 1. The van der Waals surface area contributed by atoms with Crippen LogP contribution >= 0.6 is 0 Å². The van der Waals surface area contributed by atoms with Crippen LogP contribution in [0.2, 0.25) is 0 Å². The number of aryl methyl sites for hydroxylation is 1. The average Bonchev–Trinajstić information content (AvgIpc) is 2.80. The van der Waals surface area contributed by atoms with E-state index in [2.05, 4.69) is 29.5 Å². The first-order valence-electron chi connectivity index (χ1n) is 6.44. The molecule has 0 aliphatic rings. The molecule has 19 heavy (non-hydrogen) atoms. The van der Waals surface area contributed by atoms with Crippen LogP contribution in [0.3, 0.4) is 0 Å². The Kier molecular flexibility index (Phi) is 4.27. The molecule has 0 radical (unpaired) electrons. The van der Waals surface area contributed by atoms with E-state index in [0.29, 0.717) is 12.5 Å². The van der Waals surface area contributed by atoms with E-state index < -0.39 is 0 Å². The lowest BCUT2D eigenvalue weighted by Crippen LogP contribution is -2.19. The van der Waals surface area contributed by atoms with Gasteiger partial charge in [0.2, 0.25) is 0 Å². The molecule has 0 amide bonds. The Morgan fingerprint density at radius 2 is 2.16 bits per heavy atom. The predicted molar refractivity (Wildman–Crippen MR) is 72.6 cm³/mol. The van der Waals surface area contributed by atoms with Crippen molar-refractivity contribution >= 4 is 0 Å². The van der Waals surface area contributed by atoms with Crippen molar-refractivity contribution in [2.75, 3.05) is 6.54 Å². The first-order valence-corrected chi connectivity index (χ1v) is 6.44. The second-order valence-electron chi connectivity index (χ2n) is 5.11. The minimum absolute atomic E-state index is 0.268. The van der Waals surface area contributed by atoms with Crippen LogP contribution in [-0.4, -0.2) is 21.5 Å². The molecule has 1 N–H and O–H groups in total. The van der Waals surface area contributed by atoms with E-state index in [-0.39, 0.29) is 5.82 Å². The van der Waals surface area contributed by atoms with Crippen molar-refractivity contribution in [2.24, 2.45) is 5.92 Å². The summed E-state index contributed by atoms with van der Waals surface area (Å²) in [7, 11) is 0. The first-order chi connectivity index (χ1) is 9.06. The lowest BCUT2D eigenvalue weighted by molar-refractivity contribution is 0.548. The molecule has 0 saturated heterocycles. The molecule has 1 heterocycles. The summed E-state index contributed by atoms with van der Waals surface area (Å²) in [6.45, 7) is 7.84. The number of halogens is 1. The molecule has 102 valence electrons. The molecule has 0 fully saturated rings. The second-order valence-corrected chi connectivity index (χ2v) is 5.11. The monoisotopic (exact) mass is 262 g/mol. The van der Waals surface area contributed by atoms with Gasteiger partial charge >= 0.3 is 0 Å². The van der Waals surface area contributed by atoms with E-state index in [9.17, 15) is 4.39 Å². The van der Waals surface area contributed by atoms with Crippen LogP contribution in [0.4, 0.5) is 4.39 Å². The van der Waals surface area contributed by atoms with Crippen molar-refractivity contribution in [1.29, 1.82) is 0 Å². The standard InChI is InChI=1S/C14H19FN4/c1-10(2)7-16-8-13-9-19(18-17-13)14-6-12(15)5-4-11(14)3/h4-6,9-10,16H,7-8H2,1-3H3. The van der Waals surface area contributed by atoms with Gasteiger partial charge in [0.25, 0.3) is 0 Å². The zero-order valence-corrected chi connectivity index (χ0v) is 11.5. The minimum Gasteiger partial charge on any atom is -0.311 e. The molecular weight excluding hydrogens is 243 g/mol. The Morgan fingerprint density at radius 3 is 2.89 bits per heavy atom. The molecule has 1 aromatic heterocycles. The van der Waals surface area contributed by atoms with E-state index in [4.69, 9.17) is 0 Å². The zero-order valence-electron chi connectivity index (χ0n) is 11.5. The number of aromatic nitrogens is 3. The molecule has 5 heteroatoms. The minimum atomic E-state index is -0.268. The summed E-state index contributed by atoms with van der Waals surface area (Å²) < 4.78 is 14.9. The van der Waals surface area contributed by atoms with Crippen molar-refractivity contribution in [3.8, 4) is 5.69 Å². The number of hydrogen-bond donors (Lipinski definition) is 1. The molecule has 2 aromatic rings. The lowest BCUT2D eigenvalue weighted by Gasteiger charge is -2.05. The van der Waals surface area contributed by atoms with Gasteiger partial charge in [0.1, 0.15) is 5.82 Å². The van der Waals surface area contributed by atoms with Crippen LogP contribution in [0.25, 0.3) is 5.69 Å². The van der Waals surface area contributed by atoms with Gasteiger partial charge in [-0.05, 0) is 37.1 Å². The van der Waals surface area contributed by atoms with Crippen molar-refractivity contribution in [3.05, 3.63) is 41.5 Å². The Hall–Kier alpha value is -1.75. The summed E-state index contributed by atoms with van der Waals surface area (Å²) in [4.78, 5) is 0. The van der Waals surface area contributed by atoms with Crippen LogP contribution in [0, 0.1) is 18.7 Å². The maximum atomic E-state index is 13.3. The van der Waals surface area contributed by atoms with Gasteiger partial charge in [0, 0.05) is 6.54 Å². The molecule has 0 spiro atoms. The van der Waals surface area contributed by atoms with Crippen molar-refractivity contribution < 1.29 is 4.39 Å². The van der Waals surface area contributed by atoms with Gasteiger partial charge in [-0.25, -0.2) is 9.07 Å². The van der Waals surface area contributed by atoms with Gasteiger partial charge in [-0.15, -0.1) is 5.10 Å². The number of rotatable bonds is 5. The van der Waals surface area contributed by atoms with Gasteiger partial charge in [-0.3, -0.25) is 0 Å². The number of hydrogen-bond acceptors (Lipinski definition) is 3. The van der Waals surface area contributed by atoms with Crippen LogP contribution in [0.1, 0.15) is 25.1 Å². The molecule has 0 aliphatic carbocycles. The van der Waals surface area contributed by atoms with E-state index in [1.54, 1.807) is 10.7 Å². The third-order valence-corrected chi connectivity index (χ3v) is 2.82. The molecule has 2 rings (SSSR count). The van der Waals surface area contributed by atoms with Crippen molar-refractivity contribution in [3.63, 3.8) is 0 Å². The van der Waals surface area contributed by atoms with Gasteiger partial charge in [-0.2, -0.15) is 0 Å². The van der Waals surface area contributed by atoms with Gasteiger partial charge in [0.15, 0.2) is 0 Å². The fourth-order valence-corrected chi connectivity index (χ4v) is 1.82. The third kappa shape index (κ3) is 3.61. The largest absolute Gasteiger partial charge is 0.311 e.